The van der Waals surface area contributed by atoms with E-state index in [-0.39, 0.29) is 12.4 Å². The van der Waals surface area contributed by atoms with Gasteiger partial charge in [-0.15, -0.1) is 12.4 Å². The van der Waals surface area contributed by atoms with Crippen LogP contribution in [0.25, 0.3) is 0 Å². The van der Waals surface area contributed by atoms with Gasteiger partial charge in [0, 0.05) is 6.42 Å². The summed E-state index contributed by atoms with van der Waals surface area (Å²) in [6.07, 6.45) is 1.33. The molecule has 1 unspecified atom stereocenters. The van der Waals surface area contributed by atoms with E-state index >= 15 is 0 Å². The Balaban J connectivity index is 0.00000264. The molecule has 0 aliphatic carbocycles. The van der Waals surface area contributed by atoms with Crippen molar-refractivity contribution in [2.75, 3.05) is 13.7 Å². The van der Waals surface area contributed by atoms with Gasteiger partial charge in [-0.25, -0.2) is 0 Å². The Labute approximate surface area is 143 Å². The number of ether oxygens (including phenoxy) is 2. The second-order valence-electron chi connectivity index (χ2n) is 5.06. The Kier molecular flexibility index (Phi) is 8.16. The van der Waals surface area contributed by atoms with Crippen LogP contribution in [-0.4, -0.2) is 25.7 Å². The standard InChI is InChI=1S/C18H21NO3.ClH/c1-21-18(20)17(19)13-15-7-9-16(10-8-15)22-12-11-14-5-3-2-4-6-14;/h2-10,17H,11-13,19H2,1H3;1H. The highest BCUT2D eigenvalue weighted by Crippen LogP contribution is 2.14. The van der Waals surface area contributed by atoms with Gasteiger partial charge in [0.05, 0.1) is 13.7 Å². The highest BCUT2D eigenvalue weighted by Gasteiger charge is 2.13. The fourth-order valence-electron chi connectivity index (χ4n) is 2.14. The zero-order chi connectivity index (χ0) is 15.8. The monoisotopic (exact) mass is 335 g/mol. The van der Waals surface area contributed by atoms with Gasteiger partial charge in [0.25, 0.3) is 0 Å². The molecule has 2 rings (SSSR count). The lowest BCUT2D eigenvalue weighted by Crippen LogP contribution is -2.33. The summed E-state index contributed by atoms with van der Waals surface area (Å²) in [5.74, 6) is 0.412. The van der Waals surface area contributed by atoms with Crippen LogP contribution in [0.4, 0.5) is 0 Å². The van der Waals surface area contributed by atoms with Gasteiger partial charge in [0.2, 0.25) is 0 Å². The number of carbonyl (C=O) groups is 1. The van der Waals surface area contributed by atoms with Gasteiger partial charge in [-0.1, -0.05) is 42.5 Å². The molecule has 2 aromatic carbocycles. The number of hydrogen-bond acceptors (Lipinski definition) is 4. The maximum absolute atomic E-state index is 11.3. The van der Waals surface area contributed by atoms with E-state index in [1.54, 1.807) is 0 Å². The van der Waals surface area contributed by atoms with Crippen molar-refractivity contribution in [2.45, 2.75) is 18.9 Å². The van der Waals surface area contributed by atoms with Crippen molar-refractivity contribution in [3.05, 3.63) is 65.7 Å². The van der Waals surface area contributed by atoms with E-state index in [4.69, 9.17) is 10.5 Å². The largest absolute Gasteiger partial charge is 0.493 e. The van der Waals surface area contributed by atoms with Gasteiger partial charge in [-0.2, -0.15) is 0 Å². The van der Waals surface area contributed by atoms with Crippen LogP contribution < -0.4 is 10.5 Å². The minimum absolute atomic E-state index is 0. The van der Waals surface area contributed by atoms with Crippen LogP contribution in [0.2, 0.25) is 0 Å². The molecule has 0 fully saturated rings. The second-order valence-corrected chi connectivity index (χ2v) is 5.06. The van der Waals surface area contributed by atoms with Crippen LogP contribution in [0.5, 0.6) is 5.75 Å². The number of hydrogen-bond donors (Lipinski definition) is 1. The fraction of sp³-hybridized carbons (Fsp3) is 0.278. The van der Waals surface area contributed by atoms with Crippen molar-refractivity contribution in [3.63, 3.8) is 0 Å². The third-order valence-electron chi connectivity index (χ3n) is 3.39. The highest BCUT2D eigenvalue weighted by molar-refractivity contribution is 5.85. The van der Waals surface area contributed by atoms with Crippen molar-refractivity contribution in [2.24, 2.45) is 5.73 Å². The number of benzene rings is 2. The van der Waals surface area contributed by atoms with E-state index in [2.05, 4.69) is 16.9 Å². The second kappa shape index (κ2) is 9.87. The van der Waals surface area contributed by atoms with Crippen LogP contribution >= 0.6 is 12.4 Å². The lowest BCUT2D eigenvalue weighted by atomic mass is 10.1. The molecule has 0 spiro atoms. The third kappa shape index (κ3) is 6.30. The van der Waals surface area contributed by atoms with E-state index in [9.17, 15) is 4.79 Å². The molecule has 0 heterocycles. The van der Waals surface area contributed by atoms with Gasteiger partial charge in [0.15, 0.2) is 0 Å². The number of carbonyl (C=O) groups excluding carboxylic acids is 1. The lowest BCUT2D eigenvalue weighted by Gasteiger charge is -2.10. The van der Waals surface area contributed by atoms with E-state index in [0.717, 1.165) is 17.7 Å². The fourth-order valence-corrected chi connectivity index (χ4v) is 2.14. The van der Waals surface area contributed by atoms with Crippen molar-refractivity contribution in [1.82, 2.24) is 0 Å². The van der Waals surface area contributed by atoms with Gasteiger partial charge in [0.1, 0.15) is 11.8 Å². The van der Waals surface area contributed by atoms with Crippen LogP contribution in [0.3, 0.4) is 0 Å². The number of nitrogens with two attached hydrogens (primary N) is 1. The molecule has 23 heavy (non-hydrogen) atoms. The summed E-state index contributed by atoms with van der Waals surface area (Å²) in [6.45, 7) is 0.630. The molecular weight excluding hydrogens is 314 g/mol. The molecule has 4 nitrogen and oxygen atoms in total. The summed E-state index contributed by atoms with van der Waals surface area (Å²) in [5.41, 5.74) is 7.97. The van der Waals surface area contributed by atoms with Gasteiger partial charge >= 0.3 is 5.97 Å². The smallest absolute Gasteiger partial charge is 0.322 e. The highest BCUT2D eigenvalue weighted by atomic mass is 35.5. The molecule has 124 valence electrons. The Hall–Kier alpha value is -2.04. The molecular formula is C18H22ClNO3. The van der Waals surface area contributed by atoms with Crippen molar-refractivity contribution >= 4 is 18.4 Å². The molecule has 0 bridgehead atoms. The lowest BCUT2D eigenvalue weighted by molar-refractivity contribution is -0.142. The Bertz CT molecular complexity index is 587. The number of halogens is 1. The van der Waals surface area contributed by atoms with Gasteiger partial charge in [-0.05, 0) is 29.7 Å². The molecule has 0 saturated carbocycles. The third-order valence-corrected chi connectivity index (χ3v) is 3.39. The quantitative estimate of drug-likeness (QED) is 0.790. The summed E-state index contributed by atoms with van der Waals surface area (Å²) in [4.78, 5) is 11.3. The average Bonchev–Trinajstić information content (AvgIpc) is 2.56. The Morgan fingerprint density at radius 1 is 1.04 bits per heavy atom. The van der Waals surface area contributed by atoms with Crippen LogP contribution in [0.15, 0.2) is 54.6 Å². The first-order valence-electron chi connectivity index (χ1n) is 7.28. The summed E-state index contributed by atoms with van der Waals surface area (Å²) < 4.78 is 10.3. The van der Waals surface area contributed by atoms with Crippen molar-refractivity contribution in [3.8, 4) is 5.75 Å². The Morgan fingerprint density at radius 2 is 1.70 bits per heavy atom. The predicted molar refractivity (Wildman–Crippen MR) is 93.0 cm³/mol. The summed E-state index contributed by atoms with van der Waals surface area (Å²) >= 11 is 0. The Morgan fingerprint density at radius 3 is 2.30 bits per heavy atom. The van der Waals surface area contributed by atoms with Crippen molar-refractivity contribution in [1.29, 1.82) is 0 Å². The number of methoxy groups -OCH3 is 1. The SMILES string of the molecule is COC(=O)C(N)Cc1ccc(OCCc2ccccc2)cc1.Cl. The molecule has 0 aliphatic rings. The zero-order valence-electron chi connectivity index (χ0n) is 13.1. The van der Waals surface area contributed by atoms with E-state index in [0.29, 0.717) is 13.0 Å². The minimum Gasteiger partial charge on any atom is -0.493 e. The van der Waals surface area contributed by atoms with Crippen LogP contribution in [0.1, 0.15) is 11.1 Å². The summed E-state index contributed by atoms with van der Waals surface area (Å²) in [6, 6.07) is 17.2. The van der Waals surface area contributed by atoms with E-state index < -0.39 is 12.0 Å². The molecule has 0 aliphatic heterocycles. The van der Waals surface area contributed by atoms with Crippen molar-refractivity contribution < 1.29 is 14.3 Å². The maximum atomic E-state index is 11.3. The molecule has 1 atom stereocenters. The zero-order valence-corrected chi connectivity index (χ0v) is 13.9. The van der Waals surface area contributed by atoms with E-state index in [1.165, 1.54) is 12.7 Å². The van der Waals surface area contributed by atoms with Gasteiger partial charge < -0.3 is 15.2 Å². The van der Waals surface area contributed by atoms with Crippen LogP contribution in [0, 0.1) is 0 Å². The predicted octanol–water partition coefficient (Wildman–Crippen LogP) is 2.77. The number of esters is 1. The molecule has 2 N–H and O–H groups in total. The first kappa shape index (κ1) is 19.0. The van der Waals surface area contributed by atoms with Gasteiger partial charge in [-0.3, -0.25) is 4.79 Å². The first-order valence-corrected chi connectivity index (χ1v) is 7.28. The molecule has 2 aromatic rings. The maximum Gasteiger partial charge on any atom is 0.322 e. The molecule has 0 amide bonds. The first-order chi connectivity index (χ1) is 10.7. The minimum atomic E-state index is -0.630. The van der Waals surface area contributed by atoms with E-state index in [1.807, 2.05) is 42.5 Å². The topological polar surface area (TPSA) is 61.5 Å². The molecule has 0 radical (unpaired) electrons. The molecule has 0 aromatic heterocycles. The number of rotatable bonds is 7. The molecule has 5 heteroatoms. The normalized spacial score (nSPS) is 11.2. The average molecular weight is 336 g/mol. The summed E-state index contributed by atoms with van der Waals surface area (Å²) in [7, 11) is 1.34. The summed E-state index contributed by atoms with van der Waals surface area (Å²) in [5, 5.41) is 0. The molecule has 0 saturated heterocycles. The van der Waals surface area contributed by atoms with Crippen LogP contribution in [-0.2, 0) is 22.4 Å².